The summed E-state index contributed by atoms with van der Waals surface area (Å²) in [6.07, 6.45) is 2.11. The lowest BCUT2D eigenvalue weighted by molar-refractivity contribution is -0.135. The summed E-state index contributed by atoms with van der Waals surface area (Å²) in [4.78, 5) is 14.4. The van der Waals surface area contributed by atoms with Crippen molar-refractivity contribution in [2.45, 2.75) is 32.4 Å². The van der Waals surface area contributed by atoms with E-state index in [0.29, 0.717) is 18.8 Å². The second-order valence-electron chi connectivity index (χ2n) is 6.16. The fourth-order valence-electron chi connectivity index (χ4n) is 2.81. The molecule has 0 spiro atoms. The van der Waals surface area contributed by atoms with Gasteiger partial charge in [-0.1, -0.05) is 15.9 Å². The molecule has 2 aromatic rings. The zero-order chi connectivity index (χ0) is 17.6. The maximum Gasteiger partial charge on any atom is 0.261 e. The van der Waals surface area contributed by atoms with Gasteiger partial charge >= 0.3 is 0 Å². The van der Waals surface area contributed by atoms with Gasteiger partial charge in [0.15, 0.2) is 6.61 Å². The molecule has 0 bridgehead atoms. The number of ether oxygens (including phenoxy) is 2. The van der Waals surface area contributed by atoms with Crippen molar-refractivity contribution in [3.63, 3.8) is 0 Å². The van der Waals surface area contributed by atoms with Crippen LogP contribution in [0.25, 0.3) is 0 Å². The zero-order valence-electron chi connectivity index (χ0n) is 14.2. The molecule has 0 radical (unpaired) electrons. The number of hydrogen-bond donors (Lipinski definition) is 0. The number of amides is 1. The number of aryl methyl sites for hydroxylation is 1. The van der Waals surface area contributed by atoms with E-state index in [1.807, 2.05) is 43.3 Å². The van der Waals surface area contributed by atoms with E-state index in [1.165, 1.54) is 0 Å². The molecule has 2 heterocycles. The summed E-state index contributed by atoms with van der Waals surface area (Å²) in [7, 11) is 0. The molecule has 1 saturated heterocycles. The Morgan fingerprint density at radius 1 is 1.28 bits per heavy atom. The standard InChI is InChI=1S/C19H22BrNO4/c1-14-4-7-18(25-14)12-21(11-17-3-2-10-23-17)19(22)13-24-16-8-5-15(20)6-9-16/h4-9,17H,2-3,10-13H2,1H3/t17-/m0/s1. The van der Waals surface area contributed by atoms with Crippen molar-refractivity contribution >= 4 is 21.8 Å². The van der Waals surface area contributed by atoms with Crippen LogP contribution in [-0.2, 0) is 16.1 Å². The largest absolute Gasteiger partial charge is 0.484 e. The van der Waals surface area contributed by atoms with E-state index in [0.717, 1.165) is 35.4 Å². The van der Waals surface area contributed by atoms with E-state index in [9.17, 15) is 4.79 Å². The Balaban J connectivity index is 1.61. The molecule has 0 aliphatic carbocycles. The van der Waals surface area contributed by atoms with Gasteiger partial charge in [-0.05, 0) is 56.2 Å². The predicted molar refractivity (Wildman–Crippen MR) is 97.5 cm³/mol. The van der Waals surface area contributed by atoms with Gasteiger partial charge in [-0.2, -0.15) is 0 Å². The summed E-state index contributed by atoms with van der Waals surface area (Å²) in [5.74, 6) is 2.20. The smallest absolute Gasteiger partial charge is 0.261 e. The molecule has 0 unspecified atom stereocenters. The molecule has 1 fully saturated rings. The number of hydrogen-bond acceptors (Lipinski definition) is 4. The second kappa shape index (κ2) is 8.54. The molecular weight excluding hydrogens is 386 g/mol. The van der Waals surface area contributed by atoms with Gasteiger partial charge in [0, 0.05) is 17.6 Å². The van der Waals surface area contributed by atoms with Gasteiger partial charge in [0.25, 0.3) is 5.91 Å². The number of rotatable bonds is 7. The highest BCUT2D eigenvalue weighted by Gasteiger charge is 2.24. The lowest BCUT2D eigenvalue weighted by Crippen LogP contribution is -2.39. The quantitative estimate of drug-likeness (QED) is 0.697. The van der Waals surface area contributed by atoms with Crippen LogP contribution in [0.1, 0.15) is 24.4 Å². The Hall–Kier alpha value is -1.79. The third-order valence-corrected chi connectivity index (χ3v) is 4.65. The van der Waals surface area contributed by atoms with Crippen LogP contribution in [0.15, 0.2) is 45.3 Å². The molecule has 5 nitrogen and oxygen atoms in total. The van der Waals surface area contributed by atoms with Crippen molar-refractivity contribution in [3.05, 3.63) is 52.4 Å². The average Bonchev–Trinajstić information content (AvgIpc) is 3.25. The van der Waals surface area contributed by atoms with Crippen LogP contribution in [0.4, 0.5) is 0 Å². The SMILES string of the molecule is Cc1ccc(CN(C[C@@H]2CCCO2)C(=O)COc2ccc(Br)cc2)o1. The highest BCUT2D eigenvalue weighted by molar-refractivity contribution is 9.10. The lowest BCUT2D eigenvalue weighted by atomic mass is 10.2. The molecule has 3 rings (SSSR count). The summed E-state index contributed by atoms with van der Waals surface area (Å²) in [5.41, 5.74) is 0. The summed E-state index contributed by atoms with van der Waals surface area (Å²) in [5, 5.41) is 0. The Morgan fingerprint density at radius 3 is 2.72 bits per heavy atom. The van der Waals surface area contributed by atoms with Crippen LogP contribution in [0.2, 0.25) is 0 Å². The van der Waals surface area contributed by atoms with Crippen LogP contribution in [0.3, 0.4) is 0 Å². The summed E-state index contributed by atoms with van der Waals surface area (Å²) >= 11 is 3.38. The van der Waals surface area contributed by atoms with Crippen molar-refractivity contribution in [2.24, 2.45) is 0 Å². The van der Waals surface area contributed by atoms with Gasteiger partial charge in [-0.3, -0.25) is 4.79 Å². The van der Waals surface area contributed by atoms with Gasteiger partial charge in [-0.25, -0.2) is 0 Å². The van der Waals surface area contributed by atoms with Crippen molar-refractivity contribution in [2.75, 3.05) is 19.8 Å². The predicted octanol–water partition coefficient (Wildman–Crippen LogP) is 3.94. The second-order valence-corrected chi connectivity index (χ2v) is 7.08. The third kappa shape index (κ3) is 5.34. The van der Waals surface area contributed by atoms with E-state index in [-0.39, 0.29) is 18.6 Å². The molecule has 0 N–H and O–H groups in total. The maximum atomic E-state index is 12.7. The van der Waals surface area contributed by atoms with E-state index in [4.69, 9.17) is 13.9 Å². The molecule has 134 valence electrons. The molecule has 1 atom stereocenters. The van der Waals surface area contributed by atoms with Crippen LogP contribution >= 0.6 is 15.9 Å². The fraction of sp³-hybridized carbons (Fsp3) is 0.421. The minimum atomic E-state index is -0.0764. The van der Waals surface area contributed by atoms with Gasteiger partial charge in [0.05, 0.1) is 12.6 Å². The normalized spacial score (nSPS) is 16.8. The molecular formula is C19H22BrNO4. The Bertz CT molecular complexity index is 692. The number of halogens is 1. The lowest BCUT2D eigenvalue weighted by Gasteiger charge is -2.24. The maximum absolute atomic E-state index is 12.7. The number of nitrogens with zero attached hydrogens (tertiary/aromatic N) is 1. The van der Waals surface area contributed by atoms with E-state index < -0.39 is 0 Å². The molecule has 1 aliphatic rings. The summed E-state index contributed by atoms with van der Waals surface area (Å²) in [6.45, 7) is 3.64. The number of carbonyl (C=O) groups is 1. The number of benzene rings is 1. The summed E-state index contributed by atoms with van der Waals surface area (Å²) < 4.78 is 17.9. The van der Waals surface area contributed by atoms with Gasteiger partial charge in [0.1, 0.15) is 17.3 Å². The van der Waals surface area contributed by atoms with E-state index in [2.05, 4.69) is 15.9 Å². The first-order valence-corrected chi connectivity index (χ1v) is 9.22. The first-order chi connectivity index (χ1) is 12.1. The zero-order valence-corrected chi connectivity index (χ0v) is 15.8. The van der Waals surface area contributed by atoms with Crippen LogP contribution < -0.4 is 4.74 Å². The third-order valence-electron chi connectivity index (χ3n) is 4.12. The Kier molecular flexibility index (Phi) is 6.15. The van der Waals surface area contributed by atoms with E-state index in [1.54, 1.807) is 4.90 Å². The minimum Gasteiger partial charge on any atom is -0.484 e. The highest BCUT2D eigenvalue weighted by atomic mass is 79.9. The monoisotopic (exact) mass is 407 g/mol. The molecule has 6 heteroatoms. The summed E-state index contributed by atoms with van der Waals surface area (Å²) in [6, 6.07) is 11.2. The number of carbonyl (C=O) groups excluding carboxylic acids is 1. The molecule has 1 aliphatic heterocycles. The van der Waals surface area contributed by atoms with Crippen LogP contribution in [-0.4, -0.2) is 36.7 Å². The Labute approximate surface area is 156 Å². The number of furan rings is 1. The molecule has 1 amide bonds. The molecule has 25 heavy (non-hydrogen) atoms. The van der Waals surface area contributed by atoms with Crippen molar-refractivity contribution < 1.29 is 18.7 Å². The molecule has 0 saturated carbocycles. The molecule has 1 aromatic heterocycles. The topological polar surface area (TPSA) is 51.9 Å². The van der Waals surface area contributed by atoms with Crippen LogP contribution in [0, 0.1) is 6.92 Å². The Morgan fingerprint density at radius 2 is 2.08 bits per heavy atom. The average molecular weight is 408 g/mol. The molecule has 1 aromatic carbocycles. The van der Waals surface area contributed by atoms with Gasteiger partial charge < -0.3 is 18.8 Å². The minimum absolute atomic E-state index is 0.00591. The first-order valence-electron chi connectivity index (χ1n) is 8.43. The van der Waals surface area contributed by atoms with Crippen molar-refractivity contribution in [1.82, 2.24) is 4.90 Å². The van der Waals surface area contributed by atoms with Crippen molar-refractivity contribution in [3.8, 4) is 5.75 Å². The fourth-order valence-corrected chi connectivity index (χ4v) is 3.08. The van der Waals surface area contributed by atoms with Crippen molar-refractivity contribution in [1.29, 1.82) is 0 Å². The van der Waals surface area contributed by atoms with Gasteiger partial charge in [-0.15, -0.1) is 0 Å². The van der Waals surface area contributed by atoms with Gasteiger partial charge in [0.2, 0.25) is 0 Å². The highest BCUT2D eigenvalue weighted by Crippen LogP contribution is 2.18. The van der Waals surface area contributed by atoms with E-state index >= 15 is 0 Å². The first kappa shape index (κ1) is 18.0. The van der Waals surface area contributed by atoms with Crippen LogP contribution in [0.5, 0.6) is 5.75 Å².